The first-order valence-corrected chi connectivity index (χ1v) is 5.18. The molecular weight excluding hydrogens is 191 g/mol. The maximum Gasteiger partial charge on any atom is 0.404 e. The molecule has 0 bridgehead atoms. The highest BCUT2D eigenvalue weighted by Crippen LogP contribution is 2.32. The zero-order valence-corrected chi connectivity index (χ0v) is 9.36. The molecule has 0 saturated carbocycles. The van der Waals surface area contributed by atoms with Crippen LogP contribution in [0.5, 0.6) is 0 Å². The van der Waals surface area contributed by atoms with Gasteiger partial charge < -0.3 is 0 Å². The molecule has 1 aliphatic heterocycles. The van der Waals surface area contributed by atoms with Crippen molar-refractivity contribution in [3.63, 3.8) is 0 Å². The van der Waals surface area contributed by atoms with E-state index in [0.717, 1.165) is 6.42 Å². The van der Waals surface area contributed by atoms with Crippen molar-refractivity contribution < 1.29 is 13.2 Å². The summed E-state index contributed by atoms with van der Waals surface area (Å²) in [5, 5.41) is 0. The van der Waals surface area contributed by atoms with Crippen LogP contribution in [0.3, 0.4) is 0 Å². The maximum absolute atomic E-state index is 12.3. The van der Waals surface area contributed by atoms with Crippen LogP contribution in [0.2, 0.25) is 0 Å². The predicted molar refractivity (Wildman–Crippen MR) is 52.2 cm³/mol. The number of piperidine rings is 1. The van der Waals surface area contributed by atoms with E-state index in [4.69, 9.17) is 0 Å². The molecule has 0 aromatic heterocycles. The standard InChI is InChI=1S/C8H14F3N.C2H6/c1-6-3-4-12(2)7(5-6)8(9,10)11;1-2/h6-7H,3-5H2,1-2H3;1-2H3. The molecular formula is C10H20F3N. The van der Waals surface area contributed by atoms with E-state index in [1.54, 1.807) is 7.05 Å². The number of likely N-dealkylation sites (tertiary alicyclic amines) is 1. The van der Waals surface area contributed by atoms with Crippen molar-refractivity contribution in [3.8, 4) is 0 Å². The number of rotatable bonds is 0. The highest BCUT2D eigenvalue weighted by molar-refractivity contribution is 4.83. The Labute approximate surface area is 84.3 Å². The van der Waals surface area contributed by atoms with E-state index in [1.807, 2.05) is 20.8 Å². The van der Waals surface area contributed by atoms with Crippen LogP contribution in [0.15, 0.2) is 0 Å². The third kappa shape index (κ3) is 3.86. The van der Waals surface area contributed by atoms with E-state index in [2.05, 4.69) is 0 Å². The third-order valence-electron chi connectivity index (χ3n) is 2.51. The minimum atomic E-state index is -4.05. The monoisotopic (exact) mass is 211 g/mol. The fourth-order valence-corrected chi connectivity index (χ4v) is 1.64. The van der Waals surface area contributed by atoms with Gasteiger partial charge in [0.2, 0.25) is 0 Å². The molecule has 0 aliphatic carbocycles. The number of halogens is 3. The van der Waals surface area contributed by atoms with Crippen molar-refractivity contribution in [2.45, 2.75) is 45.8 Å². The molecule has 2 unspecified atom stereocenters. The molecule has 2 atom stereocenters. The average Bonchev–Trinajstić information content (AvgIpc) is 2.11. The Morgan fingerprint density at radius 3 is 2.07 bits per heavy atom. The summed E-state index contributed by atoms with van der Waals surface area (Å²) in [6, 6.07) is -1.22. The fraction of sp³-hybridized carbons (Fsp3) is 1.00. The van der Waals surface area contributed by atoms with Crippen molar-refractivity contribution in [3.05, 3.63) is 0 Å². The lowest BCUT2D eigenvalue weighted by atomic mass is 9.93. The molecule has 0 spiro atoms. The van der Waals surface area contributed by atoms with Crippen molar-refractivity contribution >= 4 is 0 Å². The van der Waals surface area contributed by atoms with Crippen LogP contribution in [0.25, 0.3) is 0 Å². The minimum Gasteiger partial charge on any atom is -0.295 e. The van der Waals surface area contributed by atoms with Crippen molar-refractivity contribution in [1.29, 1.82) is 0 Å². The highest BCUT2D eigenvalue weighted by Gasteiger charge is 2.44. The molecule has 1 rings (SSSR count). The summed E-state index contributed by atoms with van der Waals surface area (Å²) in [5.74, 6) is 0.202. The van der Waals surface area contributed by atoms with Crippen LogP contribution in [0.1, 0.15) is 33.6 Å². The van der Waals surface area contributed by atoms with Gasteiger partial charge in [-0.3, -0.25) is 4.90 Å². The summed E-state index contributed by atoms with van der Waals surface area (Å²) >= 11 is 0. The van der Waals surface area contributed by atoms with Gasteiger partial charge in [-0.2, -0.15) is 13.2 Å². The molecule has 0 radical (unpaired) electrons. The molecule has 1 heterocycles. The van der Waals surface area contributed by atoms with E-state index >= 15 is 0 Å². The Bertz CT molecular complexity index is 156. The molecule has 1 saturated heterocycles. The number of hydrogen-bond donors (Lipinski definition) is 0. The Balaban J connectivity index is 0.000000791. The molecule has 4 heteroatoms. The SMILES string of the molecule is CC.CC1CCN(C)C(C(F)(F)F)C1. The summed E-state index contributed by atoms with van der Waals surface area (Å²) < 4.78 is 37.0. The minimum absolute atomic E-state index is 0.202. The van der Waals surface area contributed by atoms with E-state index in [9.17, 15) is 13.2 Å². The Morgan fingerprint density at radius 1 is 1.21 bits per heavy atom. The molecule has 14 heavy (non-hydrogen) atoms. The Kier molecular flexibility index (Phi) is 5.49. The molecule has 0 amide bonds. The van der Waals surface area contributed by atoms with Gasteiger partial charge in [0.15, 0.2) is 0 Å². The summed E-state index contributed by atoms with van der Waals surface area (Å²) in [6.45, 7) is 6.44. The van der Waals surface area contributed by atoms with Gasteiger partial charge in [-0.05, 0) is 32.4 Å². The van der Waals surface area contributed by atoms with E-state index in [1.165, 1.54) is 4.90 Å². The molecule has 0 aromatic carbocycles. The zero-order valence-electron chi connectivity index (χ0n) is 9.36. The lowest BCUT2D eigenvalue weighted by Crippen LogP contribution is -2.48. The first-order chi connectivity index (χ1) is 6.41. The molecule has 1 fully saturated rings. The normalized spacial score (nSPS) is 29.4. The second-order valence-electron chi connectivity index (χ2n) is 3.67. The van der Waals surface area contributed by atoms with E-state index in [-0.39, 0.29) is 12.3 Å². The first kappa shape index (κ1) is 13.8. The fourth-order valence-electron chi connectivity index (χ4n) is 1.64. The van der Waals surface area contributed by atoms with Crippen LogP contribution in [-0.4, -0.2) is 30.7 Å². The van der Waals surface area contributed by atoms with Gasteiger partial charge in [-0.15, -0.1) is 0 Å². The summed E-state index contributed by atoms with van der Waals surface area (Å²) in [4.78, 5) is 1.40. The van der Waals surface area contributed by atoms with Crippen LogP contribution in [0.4, 0.5) is 13.2 Å². The second kappa shape index (κ2) is 5.59. The quantitative estimate of drug-likeness (QED) is 0.594. The van der Waals surface area contributed by atoms with Crippen LogP contribution < -0.4 is 0 Å². The molecule has 0 aromatic rings. The number of hydrogen-bond acceptors (Lipinski definition) is 1. The van der Waals surface area contributed by atoms with E-state index < -0.39 is 12.2 Å². The predicted octanol–water partition coefficient (Wildman–Crippen LogP) is 3.31. The lowest BCUT2D eigenvalue weighted by molar-refractivity contribution is -0.191. The Hall–Kier alpha value is -0.250. The van der Waals surface area contributed by atoms with Crippen LogP contribution in [-0.2, 0) is 0 Å². The molecule has 1 aliphatic rings. The van der Waals surface area contributed by atoms with Gasteiger partial charge in [0.25, 0.3) is 0 Å². The van der Waals surface area contributed by atoms with Gasteiger partial charge in [-0.25, -0.2) is 0 Å². The lowest BCUT2D eigenvalue weighted by Gasteiger charge is -2.36. The summed E-state index contributed by atoms with van der Waals surface area (Å²) in [7, 11) is 1.55. The number of alkyl halides is 3. The zero-order chi connectivity index (χ0) is 11.4. The van der Waals surface area contributed by atoms with Crippen LogP contribution in [0, 0.1) is 5.92 Å². The van der Waals surface area contributed by atoms with Gasteiger partial charge in [0, 0.05) is 0 Å². The first-order valence-electron chi connectivity index (χ1n) is 5.18. The van der Waals surface area contributed by atoms with Gasteiger partial charge in [0.1, 0.15) is 6.04 Å². The number of nitrogens with zero attached hydrogens (tertiary/aromatic N) is 1. The van der Waals surface area contributed by atoms with Gasteiger partial charge in [0.05, 0.1) is 0 Å². The smallest absolute Gasteiger partial charge is 0.295 e. The van der Waals surface area contributed by atoms with Crippen molar-refractivity contribution in [2.24, 2.45) is 5.92 Å². The topological polar surface area (TPSA) is 3.24 Å². The molecule has 1 nitrogen and oxygen atoms in total. The Morgan fingerprint density at radius 2 is 1.71 bits per heavy atom. The average molecular weight is 211 g/mol. The van der Waals surface area contributed by atoms with Gasteiger partial charge >= 0.3 is 6.18 Å². The molecule has 86 valence electrons. The van der Waals surface area contributed by atoms with Crippen LogP contribution >= 0.6 is 0 Å². The van der Waals surface area contributed by atoms with Crippen molar-refractivity contribution in [1.82, 2.24) is 4.90 Å². The summed E-state index contributed by atoms with van der Waals surface area (Å²) in [5.41, 5.74) is 0. The van der Waals surface area contributed by atoms with Gasteiger partial charge in [-0.1, -0.05) is 20.8 Å². The molecule has 0 N–H and O–H groups in total. The van der Waals surface area contributed by atoms with Crippen molar-refractivity contribution in [2.75, 3.05) is 13.6 Å². The van der Waals surface area contributed by atoms with E-state index in [0.29, 0.717) is 6.54 Å². The maximum atomic E-state index is 12.3. The second-order valence-corrected chi connectivity index (χ2v) is 3.67. The highest BCUT2D eigenvalue weighted by atomic mass is 19.4. The largest absolute Gasteiger partial charge is 0.404 e. The summed E-state index contributed by atoms with van der Waals surface area (Å²) in [6.07, 6.45) is -2.92. The third-order valence-corrected chi connectivity index (χ3v) is 2.51.